The lowest BCUT2D eigenvalue weighted by Crippen LogP contribution is -2.51. The van der Waals surface area contributed by atoms with Crippen LogP contribution in [0.25, 0.3) is 22.3 Å². The Hall–Kier alpha value is -5.84. The number of carbonyl (C=O) groups excluding carboxylic acids is 3. The van der Waals surface area contributed by atoms with Gasteiger partial charge in [0, 0.05) is 35.5 Å². The van der Waals surface area contributed by atoms with Crippen LogP contribution >= 0.6 is 0 Å². The first kappa shape index (κ1) is 37.5. The lowest BCUT2D eigenvalue weighted by atomic mass is 9.91. The molecule has 0 unspecified atom stereocenters. The van der Waals surface area contributed by atoms with Gasteiger partial charge in [-0.15, -0.1) is 0 Å². The highest BCUT2D eigenvalue weighted by molar-refractivity contribution is 5.87. The highest BCUT2D eigenvalue weighted by Crippen LogP contribution is 2.38. The summed E-state index contributed by atoms with van der Waals surface area (Å²) in [6.45, 7) is 8.61. The number of alkyl carbamates (subject to hydrolysis) is 1. The van der Waals surface area contributed by atoms with Crippen LogP contribution in [-0.2, 0) is 27.2 Å². The minimum atomic E-state index is -1.22. The molecule has 3 aliphatic rings. The first-order valence-corrected chi connectivity index (χ1v) is 19.1. The van der Waals surface area contributed by atoms with Gasteiger partial charge < -0.3 is 40.2 Å². The van der Waals surface area contributed by atoms with Crippen molar-refractivity contribution in [3.8, 4) is 23.1 Å². The van der Waals surface area contributed by atoms with Crippen LogP contribution in [-0.4, -0.2) is 91.1 Å². The van der Waals surface area contributed by atoms with E-state index in [-0.39, 0.29) is 35.7 Å². The average molecular weight is 749 g/mol. The second-order valence-corrected chi connectivity index (χ2v) is 15.3. The third kappa shape index (κ3) is 7.61. The van der Waals surface area contributed by atoms with Crippen LogP contribution in [0.1, 0.15) is 99.5 Å². The topological polar surface area (TPSA) is 186 Å². The number of rotatable bonds is 8. The maximum Gasteiger partial charge on any atom is 0.407 e. The molecule has 0 bridgehead atoms. The van der Waals surface area contributed by atoms with Crippen molar-refractivity contribution in [1.29, 1.82) is 0 Å². The first-order chi connectivity index (χ1) is 26.4. The number of hydrogen-bond acceptors (Lipinski definition) is 7. The average Bonchev–Trinajstić information content (AvgIpc) is 3.99. The highest BCUT2D eigenvalue weighted by atomic mass is 16.5. The fourth-order valence-electron chi connectivity index (χ4n) is 8.10. The number of carboxylic acid groups (broad SMARTS) is 1. The van der Waals surface area contributed by atoms with Gasteiger partial charge in [-0.1, -0.05) is 45.6 Å². The van der Waals surface area contributed by atoms with Crippen LogP contribution < -0.4 is 10.6 Å². The number of nitrogens with one attached hydrogen (secondary N) is 4. The molecule has 4 heterocycles. The Kier molecular flexibility index (Phi) is 10.6. The number of ether oxygens (including phenoxy) is 1. The second kappa shape index (κ2) is 15.5. The fraction of sp³-hybridized carbons (Fsp3) is 0.463. The van der Waals surface area contributed by atoms with Gasteiger partial charge in [0.05, 0.1) is 35.9 Å². The Morgan fingerprint density at radius 2 is 1.42 bits per heavy atom. The number of aryl methyl sites for hydroxylation is 2. The summed E-state index contributed by atoms with van der Waals surface area (Å²) in [7, 11) is 1.29. The quantitative estimate of drug-likeness (QED) is 0.147. The Labute approximate surface area is 319 Å². The van der Waals surface area contributed by atoms with Gasteiger partial charge in [-0.2, -0.15) is 0 Å². The molecule has 2 aromatic carbocycles. The number of nitrogens with zero attached hydrogens (tertiary/aromatic N) is 4. The van der Waals surface area contributed by atoms with Crippen molar-refractivity contribution in [3.05, 3.63) is 70.4 Å². The van der Waals surface area contributed by atoms with Crippen LogP contribution in [0.4, 0.5) is 9.59 Å². The molecular formula is C41H48N8O6. The minimum Gasteiger partial charge on any atom is -0.465 e. The smallest absolute Gasteiger partial charge is 0.407 e. The van der Waals surface area contributed by atoms with E-state index in [0.717, 1.165) is 83.5 Å². The SMILES string of the molecule is COC(=O)N[C@H](C(=O)N1CCC[C@H]1c1nc2c([nH]1)CCc1cc(C#Cc3ccc4nc([C@@H]5CCCN5C(=O)[C@@H](NC(=O)O)C(C)C)[nH]c4c3)ccc1-2)C(C)C. The molecule has 5 N–H and O–H groups in total. The molecule has 14 heteroatoms. The van der Waals surface area contributed by atoms with E-state index in [1.807, 2.05) is 56.9 Å². The summed E-state index contributed by atoms with van der Waals surface area (Å²) >= 11 is 0. The van der Waals surface area contributed by atoms with Crippen molar-refractivity contribution in [2.24, 2.45) is 11.8 Å². The molecule has 2 aromatic heterocycles. The van der Waals surface area contributed by atoms with E-state index in [1.54, 1.807) is 4.90 Å². The molecule has 288 valence electrons. The standard InChI is InChI=1S/C41H48N8O6/c1-22(2)33(46-40(52)53)38(50)48-18-6-8-31(48)36-42-28-16-13-25(21-30(28)44-36)11-10-24-12-15-27-26(20-24)14-17-29-35(27)45-37(43-29)32-9-7-19-49(32)39(51)34(23(3)4)47-41(54)55-5/h12-13,15-16,20-23,31-34,46H,6-9,14,17-19H2,1-5H3,(H,42,44)(H,43,45)(H,47,54)(H,52,53)/t31-,32-,33-,34-/m0/s1. The molecule has 4 atom stereocenters. The van der Waals surface area contributed by atoms with Crippen LogP contribution in [0.3, 0.4) is 0 Å². The number of benzene rings is 2. The molecule has 2 aliphatic heterocycles. The van der Waals surface area contributed by atoms with Crippen LogP contribution in [0.2, 0.25) is 0 Å². The lowest BCUT2D eigenvalue weighted by Gasteiger charge is -2.30. The van der Waals surface area contributed by atoms with Crippen molar-refractivity contribution < 1.29 is 29.0 Å². The number of H-pyrrole nitrogens is 2. The summed E-state index contributed by atoms with van der Waals surface area (Å²) in [5.41, 5.74) is 7.49. The summed E-state index contributed by atoms with van der Waals surface area (Å²) in [6.07, 6.45) is 2.98. The van der Waals surface area contributed by atoms with Gasteiger partial charge in [-0.3, -0.25) is 9.59 Å². The molecule has 0 saturated carbocycles. The zero-order valence-corrected chi connectivity index (χ0v) is 31.9. The predicted molar refractivity (Wildman–Crippen MR) is 205 cm³/mol. The Morgan fingerprint density at radius 3 is 2.04 bits per heavy atom. The van der Waals surface area contributed by atoms with Gasteiger partial charge in [0.1, 0.15) is 23.7 Å². The van der Waals surface area contributed by atoms with Crippen LogP contribution in [0, 0.1) is 23.7 Å². The van der Waals surface area contributed by atoms with Crippen LogP contribution in [0.15, 0.2) is 36.4 Å². The summed E-state index contributed by atoms with van der Waals surface area (Å²) in [4.78, 5) is 70.8. The second-order valence-electron chi connectivity index (χ2n) is 15.3. The van der Waals surface area contributed by atoms with E-state index in [2.05, 4.69) is 44.6 Å². The molecule has 2 fully saturated rings. The predicted octanol–water partition coefficient (Wildman–Crippen LogP) is 5.45. The van der Waals surface area contributed by atoms with E-state index < -0.39 is 24.3 Å². The van der Waals surface area contributed by atoms with Gasteiger partial charge in [0.2, 0.25) is 11.8 Å². The maximum atomic E-state index is 13.7. The van der Waals surface area contributed by atoms with E-state index in [9.17, 15) is 24.3 Å². The molecule has 14 nitrogen and oxygen atoms in total. The molecule has 55 heavy (non-hydrogen) atoms. The monoisotopic (exact) mass is 748 g/mol. The maximum absolute atomic E-state index is 13.7. The number of fused-ring (bicyclic) bond motifs is 4. The summed E-state index contributed by atoms with van der Waals surface area (Å²) in [5.74, 6) is 7.41. The van der Waals surface area contributed by atoms with Crippen molar-refractivity contribution in [1.82, 2.24) is 40.4 Å². The first-order valence-electron chi connectivity index (χ1n) is 19.1. The summed E-state index contributed by atoms with van der Waals surface area (Å²) < 4.78 is 4.77. The number of imidazole rings is 2. The highest BCUT2D eigenvalue weighted by Gasteiger charge is 2.39. The third-order valence-electron chi connectivity index (χ3n) is 11.0. The van der Waals surface area contributed by atoms with Gasteiger partial charge in [0.15, 0.2) is 0 Å². The molecule has 1 aliphatic carbocycles. The van der Waals surface area contributed by atoms with Gasteiger partial charge >= 0.3 is 12.2 Å². The zero-order valence-electron chi connectivity index (χ0n) is 31.9. The number of methoxy groups -OCH3 is 1. The Bertz CT molecular complexity index is 2190. The third-order valence-corrected chi connectivity index (χ3v) is 11.0. The van der Waals surface area contributed by atoms with E-state index in [4.69, 9.17) is 14.7 Å². The number of amides is 4. The van der Waals surface area contributed by atoms with Crippen molar-refractivity contribution in [2.75, 3.05) is 20.2 Å². The van der Waals surface area contributed by atoms with Gasteiger partial charge in [-0.05, 0) is 86.3 Å². The summed E-state index contributed by atoms with van der Waals surface area (Å²) in [5, 5.41) is 14.4. The zero-order chi connectivity index (χ0) is 39.0. The fourth-order valence-corrected chi connectivity index (χ4v) is 8.10. The molecule has 4 aromatic rings. The number of hydrogen-bond donors (Lipinski definition) is 5. The van der Waals surface area contributed by atoms with Crippen molar-refractivity contribution in [3.63, 3.8) is 0 Å². The van der Waals surface area contributed by atoms with E-state index >= 15 is 0 Å². The number of carbonyl (C=O) groups is 4. The molecule has 4 amide bonds. The normalized spacial score (nSPS) is 18.7. The van der Waals surface area contributed by atoms with Gasteiger partial charge in [-0.25, -0.2) is 19.6 Å². The van der Waals surface area contributed by atoms with Gasteiger partial charge in [0.25, 0.3) is 0 Å². The number of aromatic nitrogens is 4. The molecule has 0 radical (unpaired) electrons. The Balaban J connectivity index is 1.06. The van der Waals surface area contributed by atoms with E-state index in [1.165, 1.54) is 12.7 Å². The largest absolute Gasteiger partial charge is 0.465 e. The molecule has 0 spiro atoms. The number of likely N-dealkylation sites (tertiary alicyclic amines) is 2. The van der Waals surface area contributed by atoms with Crippen LogP contribution in [0.5, 0.6) is 0 Å². The molecular weight excluding hydrogens is 701 g/mol. The molecule has 2 saturated heterocycles. The Morgan fingerprint density at radius 1 is 0.818 bits per heavy atom. The summed E-state index contributed by atoms with van der Waals surface area (Å²) in [6, 6.07) is 10.0. The number of aromatic amines is 2. The lowest BCUT2D eigenvalue weighted by molar-refractivity contribution is -0.136. The minimum absolute atomic E-state index is 0.107. The van der Waals surface area contributed by atoms with Crippen molar-refractivity contribution in [2.45, 2.75) is 90.4 Å². The van der Waals surface area contributed by atoms with Crippen molar-refractivity contribution >= 4 is 35.0 Å². The molecule has 7 rings (SSSR count). The van der Waals surface area contributed by atoms with E-state index in [0.29, 0.717) is 18.9 Å².